The van der Waals surface area contributed by atoms with Gasteiger partial charge in [-0.25, -0.2) is 0 Å². The van der Waals surface area contributed by atoms with E-state index < -0.39 is 0 Å². The van der Waals surface area contributed by atoms with E-state index >= 15 is 0 Å². The van der Waals surface area contributed by atoms with Gasteiger partial charge in [0, 0.05) is 14.8 Å². The normalized spacial score (nSPS) is 15.9. The van der Waals surface area contributed by atoms with E-state index in [1.807, 2.05) is 11.8 Å². The molecule has 0 unspecified atom stereocenters. The highest BCUT2D eigenvalue weighted by molar-refractivity contribution is 8.16. The molecular weight excluding hydrogens is 608 g/mol. The van der Waals surface area contributed by atoms with Crippen LogP contribution in [0.5, 0.6) is 0 Å². The van der Waals surface area contributed by atoms with Crippen LogP contribution in [-0.2, 0) is 0 Å². The van der Waals surface area contributed by atoms with Crippen LogP contribution in [0.2, 0.25) is 0 Å². The Hall–Kier alpha value is -4.82. The smallest absolute Gasteiger partial charge is 0.0469 e. The monoisotopic (exact) mass is 642 g/mol. The summed E-state index contributed by atoms with van der Waals surface area (Å²) in [6.07, 6.45) is 16.5. The van der Waals surface area contributed by atoms with Gasteiger partial charge in [-0.1, -0.05) is 169 Å². The lowest BCUT2D eigenvalue weighted by Crippen LogP contribution is -1.98. The van der Waals surface area contributed by atoms with Gasteiger partial charge in [0.15, 0.2) is 0 Å². The topological polar surface area (TPSA) is 0 Å². The number of halogens is 1. The summed E-state index contributed by atoms with van der Waals surface area (Å²) < 4.78 is 0. The quantitative estimate of drug-likeness (QED) is 0.170. The third-order valence-corrected chi connectivity index (χ3v) is 10.1. The predicted octanol–water partition coefficient (Wildman–Crippen LogP) is 13.4. The lowest BCUT2D eigenvalue weighted by atomic mass is 9.92. The van der Waals surface area contributed by atoms with Crippen LogP contribution < -0.4 is 0 Å². The molecule has 0 amide bonds. The average Bonchev–Trinajstić information content (AvgIpc) is 3.15. The van der Waals surface area contributed by atoms with Gasteiger partial charge in [0.1, 0.15) is 0 Å². The minimum absolute atomic E-state index is 0.872. The summed E-state index contributed by atoms with van der Waals surface area (Å²) in [5, 5.41) is 0.872. The summed E-state index contributed by atoms with van der Waals surface area (Å²) in [7, 11) is 0. The highest BCUT2D eigenvalue weighted by Crippen LogP contribution is 2.44. The molecule has 0 saturated carbocycles. The molecule has 0 bridgehead atoms. The molecule has 0 aromatic heterocycles. The zero-order valence-electron chi connectivity index (χ0n) is 26.2. The highest BCUT2D eigenvalue weighted by Gasteiger charge is 2.16. The Labute approximate surface area is 287 Å². The van der Waals surface area contributed by atoms with Gasteiger partial charge in [-0.05, 0) is 105 Å². The van der Waals surface area contributed by atoms with Crippen LogP contribution in [0.3, 0.4) is 0 Å². The number of thioether (sulfide) groups is 1. The van der Waals surface area contributed by atoms with E-state index in [4.69, 9.17) is 11.6 Å². The average molecular weight is 643 g/mol. The molecule has 0 radical (unpaired) electrons. The van der Waals surface area contributed by atoms with Crippen LogP contribution in [0.4, 0.5) is 0 Å². The zero-order valence-corrected chi connectivity index (χ0v) is 27.7. The van der Waals surface area contributed by atoms with Crippen LogP contribution in [0.1, 0.15) is 36.0 Å². The first-order chi connectivity index (χ1) is 23.2. The number of rotatable bonds is 7. The second kappa shape index (κ2) is 14.7. The van der Waals surface area contributed by atoms with Crippen LogP contribution in [-0.4, -0.2) is 0 Å². The van der Waals surface area contributed by atoms with Crippen LogP contribution >= 0.6 is 23.4 Å². The number of allylic oxidation sites excluding steroid dienone is 9. The van der Waals surface area contributed by atoms with E-state index in [9.17, 15) is 0 Å². The number of hydrogen-bond acceptors (Lipinski definition) is 1. The molecule has 0 N–H and O–H groups in total. The Balaban J connectivity index is 1.21. The van der Waals surface area contributed by atoms with Crippen molar-refractivity contribution in [2.24, 2.45) is 0 Å². The van der Waals surface area contributed by atoms with Gasteiger partial charge in [0.25, 0.3) is 0 Å². The Morgan fingerprint density at radius 2 is 0.979 bits per heavy atom. The maximum absolute atomic E-state index is 7.13. The lowest BCUT2D eigenvalue weighted by molar-refractivity contribution is 0.792. The summed E-state index contributed by atoms with van der Waals surface area (Å²) in [6, 6.07) is 49.3. The second-order valence-corrected chi connectivity index (χ2v) is 13.3. The summed E-state index contributed by atoms with van der Waals surface area (Å²) in [4.78, 5) is 2.50. The Morgan fingerprint density at radius 3 is 1.49 bits per heavy atom. The van der Waals surface area contributed by atoms with Crippen molar-refractivity contribution in [2.75, 3.05) is 0 Å². The van der Waals surface area contributed by atoms with Gasteiger partial charge in [0.2, 0.25) is 0 Å². The van der Waals surface area contributed by atoms with Crippen molar-refractivity contribution in [1.29, 1.82) is 0 Å². The Kier molecular flexibility index (Phi) is 9.66. The van der Waals surface area contributed by atoms with E-state index in [2.05, 4.69) is 176 Å². The Morgan fingerprint density at radius 1 is 0.489 bits per heavy atom. The molecule has 0 spiro atoms. The van der Waals surface area contributed by atoms with Gasteiger partial charge >= 0.3 is 0 Å². The standard InChI is InChI=1S/C45H35ClS/c46-45-39(26-24-33-28-41(35-14-5-1-6-15-35)32-42(29-33)36-16-7-2-8-17-36)22-13-23-40(45)27-25-34-30-43(37-18-9-3-10-19-37)47-44(31-34)38-20-11-4-12-21-38/h1-12,14-21,24-32H,13,22-23H2/b26-24+,40-27?. The zero-order chi connectivity index (χ0) is 31.8. The van der Waals surface area contributed by atoms with E-state index in [1.54, 1.807) is 0 Å². The molecule has 0 saturated heterocycles. The molecule has 1 aliphatic heterocycles. The molecule has 2 heteroatoms. The molecule has 0 atom stereocenters. The SMILES string of the molecule is ClC1=C(/C=C/c2cc(-c3ccccc3)cc(-c3ccccc3)c2)CCCC1=CC=C1C=C(c2ccccc2)SC(c2ccccc2)=C1. The van der Waals surface area contributed by atoms with Gasteiger partial charge in [-0.2, -0.15) is 0 Å². The van der Waals surface area contributed by atoms with Gasteiger partial charge < -0.3 is 0 Å². The molecule has 1 heterocycles. The van der Waals surface area contributed by atoms with Gasteiger partial charge in [0.05, 0.1) is 0 Å². The molecule has 1 aliphatic carbocycles. The maximum Gasteiger partial charge on any atom is 0.0469 e. The van der Waals surface area contributed by atoms with E-state index in [1.165, 1.54) is 59.9 Å². The van der Waals surface area contributed by atoms with Crippen molar-refractivity contribution < 1.29 is 0 Å². The van der Waals surface area contributed by atoms with E-state index in [0.29, 0.717) is 0 Å². The summed E-state index contributed by atoms with van der Waals surface area (Å²) in [5.74, 6) is 0. The minimum atomic E-state index is 0.872. The Bertz CT molecular complexity index is 1930. The first-order valence-corrected chi connectivity index (χ1v) is 17.3. The number of hydrogen-bond donors (Lipinski definition) is 0. The summed E-state index contributed by atoms with van der Waals surface area (Å²) in [6.45, 7) is 0. The first-order valence-electron chi connectivity index (χ1n) is 16.2. The molecule has 5 aromatic carbocycles. The largest absolute Gasteiger partial charge is 0.0888 e. The lowest BCUT2D eigenvalue weighted by Gasteiger charge is -2.18. The first kappa shape index (κ1) is 30.8. The molecule has 7 rings (SSSR count). The van der Waals surface area contributed by atoms with Crippen molar-refractivity contribution in [1.82, 2.24) is 0 Å². The molecule has 5 aromatic rings. The molecule has 2 aliphatic rings. The minimum Gasteiger partial charge on any atom is -0.0888 e. The van der Waals surface area contributed by atoms with Crippen molar-refractivity contribution in [3.05, 3.63) is 208 Å². The summed E-state index contributed by atoms with van der Waals surface area (Å²) >= 11 is 8.96. The highest BCUT2D eigenvalue weighted by atomic mass is 35.5. The maximum atomic E-state index is 7.13. The summed E-state index contributed by atoms with van der Waals surface area (Å²) in [5.41, 5.74) is 12.0. The fraction of sp³-hybridized carbons (Fsp3) is 0.0667. The van der Waals surface area contributed by atoms with Crippen molar-refractivity contribution >= 4 is 39.2 Å². The molecule has 228 valence electrons. The van der Waals surface area contributed by atoms with Gasteiger partial charge in [-0.3, -0.25) is 0 Å². The number of benzene rings is 5. The third kappa shape index (κ3) is 7.60. The molecule has 47 heavy (non-hydrogen) atoms. The molecular formula is C45H35ClS. The van der Waals surface area contributed by atoms with E-state index in [-0.39, 0.29) is 0 Å². The van der Waals surface area contributed by atoms with Gasteiger partial charge in [-0.15, -0.1) is 0 Å². The van der Waals surface area contributed by atoms with Crippen molar-refractivity contribution in [3.8, 4) is 22.3 Å². The molecule has 0 nitrogen and oxygen atoms in total. The van der Waals surface area contributed by atoms with Crippen molar-refractivity contribution in [3.63, 3.8) is 0 Å². The van der Waals surface area contributed by atoms with Crippen LogP contribution in [0, 0.1) is 0 Å². The van der Waals surface area contributed by atoms with Crippen LogP contribution in [0.25, 0.3) is 38.1 Å². The third-order valence-electron chi connectivity index (χ3n) is 8.51. The van der Waals surface area contributed by atoms with E-state index in [0.717, 1.165) is 29.9 Å². The van der Waals surface area contributed by atoms with Crippen LogP contribution in [0.15, 0.2) is 192 Å². The fourth-order valence-electron chi connectivity index (χ4n) is 6.05. The fourth-order valence-corrected chi connectivity index (χ4v) is 7.50. The van der Waals surface area contributed by atoms with Crippen molar-refractivity contribution in [2.45, 2.75) is 19.3 Å². The predicted molar refractivity (Wildman–Crippen MR) is 206 cm³/mol. The molecule has 0 fully saturated rings. The second-order valence-electron chi connectivity index (χ2n) is 11.8.